The monoisotopic (exact) mass is 383 g/mol. The maximum atomic E-state index is 12.3. The summed E-state index contributed by atoms with van der Waals surface area (Å²) in [6.45, 7) is 6.93. The number of ether oxygens (including phenoxy) is 1. The molecule has 2 heterocycles. The lowest BCUT2D eigenvalue weighted by atomic mass is 10.2. The first kappa shape index (κ1) is 19.7. The van der Waals surface area contributed by atoms with Crippen molar-refractivity contribution in [2.24, 2.45) is 0 Å². The Bertz CT molecular complexity index is 899. The van der Waals surface area contributed by atoms with E-state index in [0.29, 0.717) is 17.7 Å². The van der Waals surface area contributed by atoms with Gasteiger partial charge in [0.05, 0.1) is 5.56 Å². The molecule has 1 aliphatic rings. The molecule has 0 spiro atoms. The minimum atomic E-state index is -0.508. The Kier molecular flexibility index (Phi) is 5.82. The van der Waals surface area contributed by atoms with Gasteiger partial charge in [0.15, 0.2) is 6.61 Å². The molecule has 7 nitrogen and oxygen atoms in total. The van der Waals surface area contributed by atoms with Gasteiger partial charge < -0.3 is 19.5 Å². The number of rotatable bonds is 6. The van der Waals surface area contributed by atoms with Crippen LogP contribution in [-0.2, 0) is 20.9 Å². The van der Waals surface area contributed by atoms with Gasteiger partial charge in [-0.3, -0.25) is 9.59 Å². The summed E-state index contributed by atoms with van der Waals surface area (Å²) >= 11 is 0. The number of aryl methyl sites for hydroxylation is 1. The van der Waals surface area contributed by atoms with Crippen LogP contribution in [0.4, 0.5) is 11.4 Å². The van der Waals surface area contributed by atoms with Crippen molar-refractivity contribution >= 4 is 29.2 Å². The highest BCUT2D eigenvalue weighted by molar-refractivity contribution is 5.97. The number of amides is 2. The number of anilines is 2. The standard InChI is InChI=1S/C21H25N3O4/c1-4-23-14(2)12-18(15(23)3)21(27)28-13-19(25)22-16-7-9-17(10-8-16)24-11-5-6-20(24)26/h7-10,12H,4-6,11,13H2,1-3H3,(H,22,25). The molecule has 7 heteroatoms. The predicted molar refractivity (Wildman–Crippen MR) is 107 cm³/mol. The van der Waals surface area contributed by atoms with Crippen molar-refractivity contribution in [2.45, 2.75) is 40.2 Å². The molecule has 2 aromatic rings. The van der Waals surface area contributed by atoms with Crippen molar-refractivity contribution in [3.05, 3.63) is 47.3 Å². The first-order chi connectivity index (χ1) is 13.4. The Labute approximate surface area is 164 Å². The summed E-state index contributed by atoms with van der Waals surface area (Å²) in [4.78, 5) is 37.9. The molecule has 1 N–H and O–H groups in total. The summed E-state index contributed by atoms with van der Waals surface area (Å²) in [6, 6.07) is 8.83. The van der Waals surface area contributed by atoms with E-state index in [4.69, 9.17) is 4.74 Å². The Morgan fingerprint density at radius 1 is 1.18 bits per heavy atom. The van der Waals surface area contributed by atoms with Crippen LogP contribution in [0.1, 0.15) is 41.5 Å². The van der Waals surface area contributed by atoms with E-state index in [1.54, 1.807) is 35.2 Å². The molecular formula is C21H25N3O4. The fourth-order valence-corrected chi connectivity index (χ4v) is 3.55. The Morgan fingerprint density at radius 2 is 1.89 bits per heavy atom. The van der Waals surface area contributed by atoms with Gasteiger partial charge in [-0.25, -0.2) is 4.79 Å². The van der Waals surface area contributed by atoms with Gasteiger partial charge in [-0.15, -0.1) is 0 Å². The van der Waals surface area contributed by atoms with Crippen molar-refractivity contribution in [3.63, 3.8) is 0 Å². The Morgan fingerprint density at radius 3 is 2.46 bits per heavy atom. The summed E-state index contributed by atoms with van der Waals surface area (Å²) in [5, 5.41) is 2.70. The van der Waals surface area contributed by atoms with E-state index >= 15 is 0 Å². The van der Waals surface area contributed by atoms with Gasteiger partial charge in [0.1, 0.15) is 0 Å². The summed E-state index contributed by atoms with van der Waals surface area (Å²) < 4.78 is 7.17. The number of hydrogen-bond acceptors (Lipinski definition) is 4. The largest absolute Gasteiger partial charge is 0.452 e. The molecule has 148 valence electrons. The molecule has 0 bridgehead atoms. The number of nitrogens with one attached hydrogen (secondary N) is 1. The lowest BCUT2D eigenvalue weighted by Gasteiger charge is -2.16. The molecule has 0 aliphatic carbocycles. The van der Waals surface area contributed by atoms with Crippen molar-refractivity contribution in [3.8, 4) is 0 Å². The van der Waals surface area contributed by atoms with Crippen LogP contribution in [0, 0.1) is 13.8 Å². The van der Waals surface area contributed by atoms with Crippen molar-refractivity contribution < 1.29 is 19.1 Å². The lowest BCUT2D eigenvalue weighted by Crippen LogP contribution is -2.24. The van der Waals surface area contributed by atoms with Gasteiger partial charge >= 0.3 is 5.97 Å². The Balaban J connectivity index is 1.54. The van der Waals surface area contributed by atoms with Gasteiger partial charge in [0, 0.05) is 42.3 Å². The molecule has 1 aliphatic heterocycles. The molecular weight excluding hydrogens is 358 g/mol. The highest BCUT2D eigenvalue weighted by Gasteiger charge is 2.21. The van der Waals surface area contributed by atoms with Crippen LogP contribution in [0.15, 0.2) is 30.3 Å². The zero-order valence-electron chi connectivity index (χ0n) is 16.4. The average molecular weight is 383 g/mol. The van der Waals surface area contributed by atoms with Crippen LogP contribution >= 0.6 is 0 Å². The molecule has 0 unspecified atom stereocenters. The average Bonchev–Trinajstić information content (AvgIpc) is 3.23. The van der Waals surface area contributed by atoms with E-state index in [-0.39, 0.29) is 12.5 Å². The minimum absolute atomic E-state index is 0.117. The smallest absolute Gasteiger partial charge is 0.340 e. The molecule has 1 aromatic heterocycles. The summed E-state index contributed by atoms with van der Waals surface area (Å²) in [7, 11) is 0. The molecule has 1 aromatic carbocycles. The zero-order chi connectivity index (χ0) is 20.3. The molecule has 1 saturated heterocycles. The highest BCUT2D eigenvalue weighted by Crippen LogP contribution is 2.23. The van der Waals surface area contributed by atoms with Gasteiger partial charge in [0.2, 0.25) is 5.91 Å². The van der Waals surface area contributed by atoms with Crippen LogP contribution in [0.25, 0.3) is 0 Å². The Hall–Kier alpha value is -3.09. The van der Waals surface area contributed by atoms with Gasteiger partial charge in [-0.2, -0.15) is 0 Å². The molecule has 3 rings (SSSR count). The van der Waals surface area contributed by atoms with Crippen LogP contribution in [0.3, 0.4) is 0 Å². The zero-order valence-corrected chi connectivity index (χ0v) is 16.4. The van der Waals surface area contributed by atoms with E-state index in [1.165, 1.54) is 0 Å². The van der Waals surface area contributed by atoms with Crippen molar-refractivity contribution in [2.75, 3.05) is 23.4 Å². The summed E-state index contributed by atoms with van der Waals surface area (Å²) in [6.07, 6.45) is 1.44. The van der Waals surface area contributed by atoms with E-state index in [2.05, 4.69) is 5.32 Å². The number of carbonyl (C=O) groups is 3. The molecule has 28 heavy (non-hydrogen) atoms. The van der Waals surface area contributed by atoms with Crippen LogP contribution in [-0.4, -0.2) is 35.5 Å². The van der Waals surface area contributed by atoms with Gasteiger partial charge in [-0.05, 0) is 57.5 Å². The lowest BCUT2D eigenvalue weighted by molar-refractivity contribution is -0.119. The number of hydrogen-bond donors (Lipinski definition) is 1. The SMILES string of the molecule is CCn1c(C)cc(C(=O)OCC(=O)Nc2ccc(N3CCCC3=O)cc2)c1C. The summed E-state index contributed by atoms with van der Waals surface area (Å²) in [5.74, 6) is -0.806. The van der Waals surface area contributed by atoms with E-state index in [9.17, 15) is 14.4 Å². The fraction of sp³-hybridized carbons (Fsp3) is 0.381. The first-order valence-electron chi connectivity index (χ1n) is 9.44. The quantitative estimate of drug-likeness (QED) is 0.778. The van der Waals surface area contributed by atoms with Gasteiger partial charge in [-0.1, -0.05) is 0 Å². The number of benzene rings is 1. The molecule has 0 saturated carbocycles. The molecule has 2 amide bonds. The van der Waals surface area contributed by atoms with Crippen LogP contribution in [0.2, 0.25) is 0 Å². The third-order valence-electron chi connectivity index (χ3n) is 4.98. The first-order valence-corrected chi connectivity index (χ1v) is 9.44. The van der Waals surface area contributed by atoms with Crippen molar-refractivity contribution in [1.29, 1.82) is 0 Å². The van der Waals surface area contributed by atoms with Crippen LogP contribution in [0.5, 0.6) is 0 Å². The number of carbonyl (C=O) groups excluding carboxylic acids is 3. The van der Waals surface area contributed by atoms with Crippen molar-refractivity contribution in [1.82, 2.24) is 4.57 Å². The minimum Gasteiger partial charge on any atom is -0.452 e. The second-order valence-electron chi connectivity index (χ2n) is 6.85. The third kappa shape index (κ3) is 4.08. The van der Waals surface area contributed by atoms with Gasteiger partial charge in [0.25, 0.3) is 5.91 Å². The second-order valence-corrected chi connectivity index (χ2v) is 6.85. The molecule has 1 fully saturated rings. The number of nitrogens with zero attached hydrogens (tertiary/aromatic N) is 2. The molecule has 0 atom stereocenters. The van der Waals surface area contributed by atoms with Crippen LogP contribution < -0.4 is 10.2 Å². The molecule has 0 radical (unpaired) electrons. The topological polar surface area (TPSA) is 80.6 Å². The maximum Gasteiger partial charge on any atom is 0.340 e. The number of esters is 1. The third-order valence-corrected chi connectivity index (χ3v) is 4.98. The normalized spacial score (nSPS) is 13.7. The maximum absolute atomic E-state index is 12.3. The van der Waals surface area contributed by atoms with E-state index in [1.807, 2.05) is 25.3 Å². The highest BCUT2D eigenvalue weighted by atomic mass is 16.5. The number of aromatic nitrogens is 1. The second kappa shape index (κ2) is 8.29. The fourth-order valence-electron chi connectivity index (χ4n) is 3.55. The predicted octanol–water partition coefficient (Wildman–Crippen LogP) is 3.05. The van der Waals surface area contributed by atoms with E-state index < -0.39 is 11.9 Å². The summed E-state index contributed by atoms with van der Waals surface area (Å²) in [5.41, 5.74) is 3.69. The van der Waals surface area contributed by atoms with E-state index in [0.717, 1.165) is 36.6 Å².